The van der Waals surface area contributed by atoms with E-state index in [2.05, 4.69) is 10.6 Å². The standard InChI is InChI=1S/C15H11F5N2O/c16-10-4-5-13(12(17)7-10)21-8-14(23)22-11-3-1-2-9(6-11)15(18,19)20/h1-7,21H,8H2,(H,22,23). The Kier molecular flexibility index (Phi) is 4.83. The zero-order valence-corrected chi connectivity index (χ0v) is 11.5. The van der Waals surface area contributed by atoms with Gasteiger partial charge in [-0.2, -0.15) is 13.2 Å². The Morgan fingerprint density at radius 3 is 2.43 bits per heavy atom. The largest absolute Gasteiger partial charge is 0.416 e. The SMILES string of the molecule is O=C(CNc1ccc(F)cc1F)Nc1cccc(C(F)(F)F)c1. The molecule has 2 N–H and O–H groups in total. The summed E-state index contributed by atoms with van der Waals surface area (Å²) in [6, 6.07) is 6.89. The van der Waals surface area contributed by atoms with Crippen molar-refractivity contribution < 1.29 is 26.7 Å². The molecule has 0 bridgehead atoms. The molecule has 122 valence electrons. The molecule has 2 aromatic carbocycles. The van der Waals surface area contributed by atoms with Gasteiger partial charge in [0.2, 0.25) is 5.91 Å². The lowest BCUT2D eigenvalue weighted by Crippen LogP contribution is -2.22. The van der Waals surface area contributed by atoms with Gasteiger partial charge in [0.15, 0.2) is 0 Å². The molecule has 0 saturated carbocycles. The zero-order chi connectivity index (χ0) is 17.0. The topological polar surface area (TPSA) is 41.1 Å². The van der Waals surface area contributed by atoms with Crippen LogP contribution in [0.3, 0.4) is 0 Å². The van der Waals surface area contributed by atoms with Crippen molar-refractivity contribution in [1.82, 2.24) is 0 Å². The first-order valence-corrected chi connectivity index (χ1v) is 6.42. The summed E-state index contributed by atoms with van der Waals surface area (Å²) in [7, 11) is 0. The van der Waals surface area contributed by atoms with Crippen molar-refractivity contribution in [2.45, 2.75) is 6.18 Å². The van der Waals surface area contributed by atoms with E-state index in [-0.39, 0.29) is 11.4 Å². The number of alkyl halides is 3. The molecule has 0 aromatic heterocycles. The van der Waals surface area contributed by atoms with Gasteiger partial charge in [-0.05, 0) is 30.3 Å². The van der Waals surface area contributed by atoms with Crippen molar-refractivity contribution in [3.05, 3.63) is 59.7 Å². The Morgan fingerprint density at radius 2 is 1.78 bits per heavy atom. The number of benzene rings is 2. The van der Waals surface area contributed by atoms with Gasteiger partial charge >= 0.3 is 6.18 Å². The predicted octanol–water partition coefficient (Wildman–Crippen LogP) is 4.03. The highest BCUT2D eigenvalue weighted by Crippen LogP contribution is 2.30. The normalized spacial score (nSPS) is 11.2. The summed E-state index contributed by atoms with van der Waals surface area (Å²) < 4.78 is 63.7. The number of hydrogen-bond acceptors (Lipinski definition) is 2. The van der Waals surface area contributed by atoms with Crippen LogP contribution in [0.2, 0.25) is 0 Å². The maximum absolute atomic E-state index is 13.4. The maximum atomic E-state index is 13.4. The summed E-state index contributed by atoms with van der Waals surface area (Å²) in [6.07, 6.45) is -4.52. The Morgan fingerprint density at radius 1 is 1.04 bits per heavy atom. The molecule has 0 spiro atoms. The average molecular weight is 330 g/mol. The van der Waals surface area contributed by atoms with E-state index in [9.17, 15) is 26.7 Å². The molecule has 0 atom stereocenters. The van der Waals surface area contributed by atoms with Crippen molar-refractivity contribution in [2.24, 2.45) is 0 Å². The van der Waals surface area contributed by atoms with Gasteiger partial charge in [0, 0.05) is 11.8 Å². The Labute approximate surface area is 128 Å². The van der Waals surface area contributed by atoms with E-state index in [1.54, 1.807) is 0 Å². The quantitative estimate of drug-likeness (QED) is 0.831. The third-order valence-electron chi connectivity index (χ3n) is 2.84. The van der Waals surface area contributed by atoms with Gasteiger partial charge in [0.25, 0.3) is 0 Å². The molecule has 1 amide bonds. The fraction of sp³-hybridized carbons (Fsp3) is 0.133. The van der Waals surface area contributed by atoms with Crippen LogP contribution in [-0.2, 0) is 11.0 Å². The van der Waals surface area contributed by atoms with Gasteiger partial charge in [-0.3, -0.25) is 4.79 Å². The fourth-order valence-corrected chi connectivity index (χ4v) is 1.79. The number of halogens is 5. The van der Waals surface area contributed by atoms with Crippen molar-refractivity contribution >= 4 is 17.3 Å². The molecule has 0 radical (unpaired) electrons. The minimum absolute atomic E-state index is 0.0359. The monoisotopic (exact) mass is 330 g/mol. The predicted molar refractivity (Wildman–Crippen MR) is 74.9 cm³/mol. The molecule has 0 fully saturated rings. The van der Waals surface area contributed by atoms with E-state index >= 15 is 0 Å². The van der Waals surface area contributed by atoms with Crippen molar-refractivity contribution in [3.8, 4) is 0 Å². The molecule has 0 saturated heterocycles. The molecular formula is C15H11F5N2O. The lowest BCUT2D eigenvalue weighted by molar-refractivity contribution is -0.137. The molecule has 0 aliphatic carbocycles. The summed E-state index contributed by atoms with van der Waals surface area (Å²) in [5, 5.41) is 4.69. The van der Waals surface area contributed by atoms with Crippen LogP contribution in [0.25, 0.3) is 0 Å². The van der Waals surface area contributed by atoms with Crippen LogP contribution in [0.15, 0.2) is 42.5 Å². The van der Waals surface area contributed by atoms with Crippen LogP contribution in [0, 0.1) is 11.6 Å². The van der Waals surface area contributed by atoms with Gasteiger partial charge in [-0.15, -0.1) is 0 Å². The molecule has 0 heterocycles. The first kappa shape index (κ1) is 16.7. The highest BCUT2D eigenvalue weighted by molar-refractivity contribution is 5.93. The first-order chi connectivity index (χ1) is 10.8. The molecule has 2 aromatic rings. The number of anilines is 2. The van der Waals surface area contributed by atoms with Gasteiger partial charge < -0.3 is 10.6 Å². The highest BCUT2D eigenvalue weighted by atomic mass is 19.4. The number of rotatable bonds is 4. The van der Waals surface area contributed by atoms with E-state index < -0.39 is 35.8 Å². The van der Waals surface area contributed by atoms with Crippen LogP contribution in [0.5, 0.6) is 0 Å². The second-order valence-corrected chi connectivity index (χ2v) is 4.60. The molecule has 2 rings (SSSR count). The van der Waals surface area contributed by atoms with Crippen LogP contribution in [0.1, 0.15) is 5.56 Å². The molecule has 0 aliphatic rings. The lowest BCUT2D eigenvalue weighted by Gasteiger charge is -2.11. The number of amides is 1. The third-order valence-corrected chi connectivity index (χ3v) is 2.84. The van der Waals surface area contributed by atoms with Gasteiger partial charge in [0.05, 0.1) is 17.8 Å². The van der Waals surface area contributed by atoms with E-state index in [0.717, 1.165) is 30.3 Å². The smallest absolute Gasteiger partial charge is 0.374 e. The fourth-order valence-electron chi connectivity index (χ4n) is 1.79. The summed E-state index contributed by atoms with van der Waals surface area (Å²) in [4.78, 5) is 11.7. The highest BCUT2D eigenvalue weighted by Gasteiger charge is 2.30. The second-order valence-electron chi connectivity index (χ2n) is 4.60. The number of nitrogens with one attached hydrogen (secondary N) is 2. The molecule has 0 aliphatic heterocycles. The molecular weight excluding hydrogens is 319 g/mol. The first-order valence-electron chi connectivity index (χ1n) is 6.42. The van der Waals surface area contributed by atoms with Crippen molar-refractivity contribution in [3.63, 3.8) is 0 Å². The van der Waals surface area contributed by atoms with Crippen LogP contribution in [-0.4, -0.2) is 12.5 Å². The van der Waals surface area contributed by atoms with Crippen LogP contribution >= 0.6 is 0 Å². The van der Waals surface area contributed by atoms with Gasteiger partial charge in [-0.1, -0.05) is 6.07 Å². The van der Waals surface area contributed by atoms with Crippen molar-refractivity contribution in [1.29, 1.82) is 0 Å². The Bertz CT molecular complexity index is 715. The average Bonchev–Trinajstić information content (AvgIpc) is 2.45. The summed E-state index contributed by atoms with van der Waals surface area (Å²) in [5.74, 6) is -2.31. The minimum atomic E-state index is -4.52. The lowest BCUT2D eigenvalue weighted by atomic mass is 10.2. The molecule has 3 nitrogen and oxygen atoms in total. The number of carbonyl (C=O) groups excluding carboxylic acids is 1. The van der Waals surface area contributed by atoms with E-state index in [1.807, 2.05) is 0 Å². The van der Waals surface area contributed by atoms with Gasteiger partial charge in [0.1, 0.15) is 11.6 Å². The number of hydrogen-bond donors (Lipinski definition) is 2. The Balaban J connectivity index is 1.97. The van der Waals surface area contributed by atoms with Crippen LogP contribution < -0.4 is 10.6 Å². The third kappa shape index (κ3) is 4.67. The number of carbonyl (C=O) groups is 1. The summed E-state index contributed by atoms with van der Waals surface area (Å²) in [6.45, 7) is -0.390. The minimum Gasteiger partial charge on any atom is -0.374 e. The zero-order valence-electron chi connectivity index (χ0n) is 11.5. The maximum Gasteiger partial charge on any atom is 0.416 e. The Hall–Kier alpha value is -2.64. The molecule has 23 heavy (non-hydrogen) atoms. The summed E-state index contributed by atoms with van der Waals surface area (Å²) in [5.41, 5.74) is -1.02. The van der Waals surface area contributed by atoms with Crippen LogP contribution in [0.4, 0.5) is 33.3 Å². The molecule has 0 unspecified atom stereocenters. The van der Waals surface area contributed by atoms with E-state index in [1.165, 1.54) is 6.07 Å². The van der Waals surface area contributed by atoms with E-state index in [4.69, 9.17) is 0 Å². The summed E-state index contributed by atoms with van der Waals surface area (Å²) >= 11 is 0. The van der Waals surface area contributed by atoms with Gasteiger partial charge in [-0.25, -0.2) is 8.78 Å². The molecule has 8 heteroatoms. The van der Waals surface area contributed by atoms with E-state index in [0.29, 0.717) is 6.07 Å². The van der Waals surface area contributed by atoms with Crippen molar-refractivity contribution in [2.75, 3.05) is 17.2 Å². The second kappa shape index (κ2) is 6.64.